The fraction of sp³-hybridized carbons (Fsp3) is 0.118. The normalized spacial score (nSPS) is 11.4. The minimum atomic E-state index is -0.527. The smallest absolute Gasteiger partial charge is 0.295 e. The fourth-order valence-electron chi connectivity index (χ4n) is 2.37. The fourth-order valence-corrected chi connectivity index (χ4v) is 3.45. The number of methoxy groups -OCH3 is 1. The number of rotatable bonds is 3. The van der Waals surface area contributed by atoms with E-state index in [0.717, 1.165) is 10.0 Å². The number of azo groups is 1. The van der Waals surface area contributed by atoms with Gasteiger partial charge in [-0.05, 0) is 68.6 Å². The van der Waals surface area contributed by atoms with Crippen molar-refractivity contribution in [3.63, 3.8) is 0 Å². The highest BCUT2D eigenvalue weighted by Gasteiger charge is 2.16. The summed E-state index contributed by atoms with van der Waals surface area (Å²) >= 11 is 6.81. The molecule has 0 atom stereocenters. The van der Waals surface area contributed by atoms with E-state index >= 15 is 0 Å². The van der Waals surface area contributed by atoms with Crippen molar-refractivity contribution >= 4 is 54.4 Å². The van der Waals surface area contributed by atoms with E-state index in [1.54, 1.807) is 25.3 Å². The van der Waals surface area contributed by atoms with Crippen LogP contribution in [-0.4, -0.2) is 23.1 Å². The van der Waals surface area contributed by atoms with Crippen LogP contribution in [0.5, 0.6) is 11.6 Å². The molecule has 3 rings (SSSR count). The SMILES string of the molecule is COc1ccc(C(=O)N=Nc2c(O)[nH]c3ccc(C)c(Br)c23)cc1Br. The highest BCUT2D eigenvalue weighted by atomic mass is 79.9. The number of aromatic amines is 1. The number of ether oxygens (including phenoxy) is 1. The van der Waals surface area contributed by atoms with Gasteiger partial charge in [-0.2, -0.15) is 0 Å². The Balaban J connectivity index is 1.98. The van der Waals surface area contributed by atoms with Crippen LogP contribution < -0.4 is 4.74 Å². The molecule has 3 aromatic rings. The maximum Gasteiger partial charge on any atom is 0.295 e. The van der Waals surface area contributed by atoms with Gasteiger partial charge in [-0.25, -0.2) is 0 Å². The number of carbonyl (C=O) groups excluding carboxylic acids is 1. The Bertz CT molecular complexity index is 1010. The molecular formula is C17H13Br2N3O3. The second-order valence-electron chi connectivity index (χ2n) is 5.30. The van der Waals surface area contributed by atoms with Crippen molar-refractivity contribution in [2.24, 2.45) is 10.2 Å². The summed E-state index contributed by atoms with van der Waals surface area (Å²) in [4.78, 5) is 15.1. The van der Waals surface area contributed by atoms with Gasteiger partial charge in [0.15, 0.2) is 5.69 Å². The predicted octanol–water partition coefficient (Wildman–Crippen LogP) is 5.64. The lowest BCUT2D eigenvalue weighted by Crippen LogP contribution is -1.94. The number of aromatic nitrogens is 1. The van der Waals surface area contributed by atoms with Crippen LogP contribution in [-0.2, 0) is 0 Å². The molecule has 8 heteroatoms. The molecule has 2 N–H and O–H groups in total. The largest absolute Gasteiger partial charge is 0.496 e. The second-order valence-corrected chi connectivity index (χ2v) is 6.94. The predicted molar refractivity (Wildman–Crippen MR) is 102 cm³/mol. The number of nitrogens with zero attached hydrogens (tertiary/aromatic N) is 2. The van der Waals surface area contributed by atoms with Gasteiger partial charge in [0.2, 0.25) is 5.88 Å². The summed E-state index contributed by atoms with van der Waals surface area (Å²) in [7, 11) is 1.54. The van der Waals surface area contributed by atoms with E-state index in [2.05, 4.69) is 47.1 Å². The van der Waals surface area contributed by atoms with Crippen molar-refractivity contribution in [1.82, 2.24) is 4.98 Å². The lowest BCUT2D eigenvalue weighted by molar-refractivity contribution is 0.0995. The zero-order valence-corrected chi connectivity index (χ0v) is 16.5. The van der Waals surface area contributed by atoms with Crippen molar-refractivity contribution < 1.29 is 14.6 Å². The van der Waals surface area contributed by atoms with E-state index in [4.69, 9.17) is 4.74 Å². The van der Waals surface area contributed by atoms with E-state index in [1.807, 2.05) is 19.1 Å². The molecule has 25 heavy (non-hydrogen) atoms. The third-order valence-corrected chi connectivity index (χ3v) is 5.33. The Morgan fingerprint density at radius 1 is 1.24 bits per heavy atom. The summed E-state index contributed by atoms with van der Waals surface area (Å²) in [6, 6.07) is 8.60. The van der Waals surface area contributed by atoms with Crippen LogP contribution in [0, 0.1) is 6.92 Å². The summed E-state index contributed by atoms with van der Waals surface area (Å²) in [5.41, 5.74) is 2.24. The number of hydrogen-bond donors (Lipinski definition) is 2. The third-order valence-electron chi connectivity index (χ3n) is 3.69. The van der Waals surface area contributed by atoms with E-state index in [0.29, 0.717) is 26.7 Å². The van der Waals surface area contributed by atoms with E-state index in [9.17, 15) is 9.90 Å². The number of fused-ring (bicyclic) bond motifs is 1. The number of amides is 1. The summed E-state index contributed by atoms with van der Waals surface area (Å²) < 4.78 is 6.56. The van der Waals surface area contributed by atoms with Crippen LogP contribution in [0.2, 0.25) is 0 Å². The minimum absolute atomic E-state index is 0.145. The molecule has 0 fully saturated rings. The van der Waals surface area contributed by atoms with Crippen molar-refractivity contribution in [2.75, 3.05) is 7.11 Å². The molecule has 1 amide bonds. The van der Waals surface area contributed by atoms with Crippen molar-refractivity contribution in [3.05, 3.63) is 50.4 Å². The maximum atomic E-state index is 12.3. The highest BCUT2D eigenvalue weighted by molar-refractivity contribution is 9.11. The molecule has 0 saturated carbocycles. The number of carbonyl (C=O) groups is 1. The minimum Gasteiger partial charge on any atom is -0.496 e. The first kappa shape index (κ1) is 17.6. The van der Waals surface area contributed by atoms with Gasteiger partial charge in [0, 0.05) is 15.4 Å². The van der Waals surface area contributed by atoms with Gasteiger partial charge in [0.1, 0.15) is 5.75 Å². The van der Waals surface area contributed by atoms with Crippen LogP contribution in [0.4, 0.5) is 5.69 Å². The van der Waals surface area contributed by atoms with Gasteiger partial charge in [-0.15, -0.1) is 10.2 Å². The summed E-state index contributed by atoms with van der Waals surface area (Å²) in [5, 5.41) is 18.5. The lowest BCUT2D eigenvalue weighted by atomic mass is 10.1. The number of hydrogen-bond acceptors (Lipinski definition) is 4. The number of H-pyrrole nitrogens is 1. The number of aromatic hydroxyl groups is 1. The molecule has 0 bridgehead atoms. The van der Waals surface area contributed by atoms with Crippen LogP contribution in [0.1, 0.15) is 15.9 Å². The van der Waals surface area contributed by atoms with Crippen LogP contribution in [0.3, 0.4) is 0 Å². The average Bonchev–Trinajstić information content (AvgIpc) is 2.92. The third kappa shape index (κ3) is 3.32. The lowest BCUT2D eigenvalue weighted by Gasteiger charge is -2.03. The molecule has 1 aromatic heterocycles. The van der Waals surface area contributed by atoms with Crippen molar-refractivity contribution in [2.45, 2.75) is 6.92 Å². The van der Waals surface area contributed by atoms with Gasteiger partial charge < -0.3 is 14.8 Å². The molecule has 0 aliphatic carbocycles. The summed E-state index contributed by atoms with van der Waals surface area (Å²) in [6.07, 6.45) is 0. The van der Waals surface area contributed by atoms with Crippen LogP contribution in [0.25, 0.3) is 10.9 Å². The molecule has 0 aliphatic heterocycles. The number of nitrogens with one attached hydrogen (secondary N) is 1. The molecular weight excluding hydrogens is 454 g/mol. The first-order valence-corrected chi connectivity index (χ1v) is 8.80. The molecule has 0 unspecified atom stereocenters. The molecule has 128 valence electrons. The zero-order chi connectivity index (χ0) is 18.1. The number of benzene rings is 2. The molecule has 6 nitrogen and oxygen atoms in total. The van der Waals surface area contributed by atoms with Crippen LogP contribution >= 0.6 is 31.9 Å². The molecule has 1 heterocycles. The highest BCUT2D eigenvalue weighted by Crippen LogP contribution is 2.41. The van der Waals surface area contributed by atoms with E-state index < -0.39 is 5.91 Å². The first-order chi connectivity index (χ1) is 11.9. The number of halogens is 2. The van der Waals surface area contributed by atoms with Crippen molar-refractivity contribution in [3.8, 4) is 11.6 Å². The topological polar surface area (TPSA) is 87.0 Å². The maximum absolute atomic E-state index is 12.3. The quantitative estimate of drug-likeness (QED) is 0.489. The van der Waals surface area contributed by atoms with E-state index in [-0.39, 0.29) is 11.6 Å². The first-order valence-electron chi connectivity index (χ1n) is 7.21. The average molecular weight is 467 g/mol. The summed E-state index contributed by atoms with van der Waals surface area (Å²) in [6.45, 7) is 1.93. The van der Waals surface area contributed by atoms with Gasteiger partial charge in [0.05, 0.1) is 17.1 Å². The Kier molecular flexibility index (Phi) is 4.91. The second kappa shape index (κ2) is 6.97. The van der Waals surface area contributed by atoms with Crippen LogP contribution in [0.15, 0.2) is 49.5 Å². The van der Waals surface area contributed by atoms with Gasteiger partial charge in [-0.1, -0.05) is 6.07 Å². The standard InChI is InChI=1S/C17H13Br2N3O3/c1-8-3-5-11-13(14(8)19)15(17(24)20-11)21-22-16(23)9-4-6-12(25-2)10(18)7-9/h3-7,20,24H,1-2H3. The summed E-state index contributed by atoms with van der Waals surface area (Å²) in [5.74, 6) is -0.0585. The molecule has 0 aliphatic rings. The molecule has 0 spiro atoms. The van der Waals surface area contributed by atoms with Gasteiger partial charge in [0.25, 0.3) is 5.91 Å². The Morgan fingerprint density at radius 2 is 2.00 bits per heavy atom. The van der Waals surface area contributed by atoms with Gasteiger partial charge in [-0.3, -0.25) is 4.79 Å². The molecule has 0 radical (unpaired) electrons. The van der Waals surface area contributed by atoms with Crippen molar-refractivity contribution in [1.29, 1.82) is 0 Å². The Labute approximate surface area is 160 Å². The monoisotopic (exact) mass is 465 g/mol. The molecule has 0 saturated heterocycles. The van der Waals surface area contributed by atoms with Gasteiger partial charge >= 0.3 is 0 Å². The Morgan fingerprint density at radius 3 is 2.68 bits per heavy atom. The zero-order valence-electron chi connectivity index (χ0n) is 13.3. The van der Waals surface area contributed by atoms with E-state index in [1.165, 1.54) is 0 Å². The molecule has 2 aromatic carbocycles. The number of aryl methyl sites for hydroxylation is 1. The Hall–Kier alpha value is -2.19.